The van der Waals surface area contributed by atoms with Gasteiger partial charge in [0.25, 0.3) is 0 Å². The zero-order valence-electron chi connectivity index (χ0n) is 15.6. The molecule has 1 aliphatic carbocycles. The van der Waals surface area contributed by atoms with Crippen LogP contribution in [0.2, 0.25) is 0 Å². The van der Waals surface area contributed by atoms with Gasteiger partial charge in [-0.15, -0.1) is 5.10 Å². The molecule has 0 saturated heterocycles. The van der Waals surface area contributed by atoms with Gasteiger partial charge in [0.1, 0.15) is 6.04 Å². The third-order valence-electron chi connectivity index (χ3n) is 5.68. The fraction of sp³-hybridized carbons (Fsp3) is 0.368. The summed E-state index contributed by atoms with van der Waals surface area (Å²) < 4.78 is 45.8. The zero-order chi connectivity index (χ0) is 20.5. The highest BCUT2D eigenvalue weighted by molar-refractivity contribution is 5.59. The van der Waals surface area contributed by atoms with Crippen molar-refractivity contribution >= 4 is 11.5 Å². The number of halogens is 3. The Morgan fingerprint density at radius 3 is 2.83 bits per heavy atom. The summed E-state index contributed by atoms with van der Waals surface area (Å²) in [5.41, 5.74) is 4.52. The number of rotatable bonds is 3. The predicted molar refractivity (Wildman–Crippen MR) is 97.9 cm³/mol. The molecule has 30 heavy (non-hydrogen) atoms. The lowest BCUT2D eigenvalue weighted by Gasteiger charge is -2.32. The standard InChI is InChI=1S/C19H16F3N7O/c20-19(21,22)17-25-26-18(30-17)28-7-5-12-15(24-9-23-12)16(28)13-8-14-11(10-3-4-10)2-1-6-29(14)27-13/h1-2,6,8-10,16H,3-5,7H2,(H,23,24)/t16-/m0/s1. The van der Waals surface area contributed by atoms with Crippen molar-refractivity contribution in [3.8, 4) is 0 Å². The molecular weight excluding hydrogens is 399 g/mol. The van der Waals surface area contributed by atoms with Gasteiger partial charge in [0.05, 0.1) is 23.2 Å². The van der Waals surface area contributed by atoms with E-state index in [1.54, 1.807) is 11.2 Å². The monoisotopic (exact) mass is 415 g/mol. The van der Waals surface area contributed by atoms with E-state index in [4.69, 9.17) is 9.52 Å². The van der Waals surface area contributed by atoms with E-state index < -0.39 is 18.1 Å². The minimum Gasteiger partial charge on any atom is -0.399 e. The topological polar surface area (TPSA) is 88.1 Å². The van der Waals surface area contributed by atoms with Crippen LogP contribution in [-0.2, 0) is 12.6 Å². The summed E-state index contributed by atoms with van der Waals surface area (Å²) in [5, 5.41) is 11.6. The Morgan fingerprint density at radius 1 is 1.20 bits per heavy atom. The molecule has 4 aromatic heterocycles. The van der Waals surface area contributed by atoms with Gasteiger partial charge in [-0.2, -0.15) is 18.3 Å². The Labute approximate surface area is 167 Å². The first-order valence-electron chi connectivity index (χ1n) is 9.67. The number of nitrogens with one attached hydrogen (secondary N) is 1. The molecule has 0 spiro atoms. The molecule has 154 valence electrons. The number of pyridine rings is 1. The van der Waals surface area contributed by atoms with Gasteiger partial charge in [-0.3, -0.25) is 0 Å². The van der Waals surface area contributed by atoms with E-state index in [1.807, 2.05) is 22.8 Å². The van der Waals surface area contributed by atoms with Crippen LogP contribution in [0.5, 0.6) is 0 Å². The molecule has 0 bridgehead atoms. The van der Waals surface area contributed by atoms with Crippen LogP contribution in [0, 0.1) is 0 Å². The van der Waals surface area contributed by atoms with E-state index in [0.717, 1.165) is 24.1 Å². The molecule has 1 N–H and O–H groups in total. The number of alkyl halides is 3. The summed E-state index contributed by atoms with van der Waals surface area (Å²) in [7, 11) is 0. The molecule has 1 fully saturated rings. The van der Waals surface area contributed by atoms with Crippen molar-refractivity contribution in [1.29, 1.82) is 0 Å². The lowest BCUT2D eigenvalue weighted by atomic mass is 10.00. The van der Waals surface area contributed by atoms with Crippen LogP contribution in [0.3, 0.4) is 0 Å². The Morgan fingerprint density at radius 2 is 2.07 bits per heavy atom. The second kappa shape index (κ2) is 6.07. The lowest BCUT2D eigenvalue weighted by molar-refractivity contribution is -0.157. The highest BCUT2D eigenvalue weighted by atomic mass is 19.4. The molecular formula is C19H16F3N7O. The van der Waals surface area contributed by atoms with Gasteiger partial charge < -0.3 is 14.3 Å². The van der Waals surface area contributed by atoms with Crippen LogP contribution in [0.15, 0.2) is 35.1 Å². The molecule has 0 aromatic carbocycles. The van der Waals surface area contributed by atoms with Crippen molar-refractivity contribution in [3.05, 3.63) is 59.3 Å². The van der Waals surface area contributed by atoms with E-state index in [9.17, 15) is 13.2 Å². The van der Waals surface area contributed by atoms with Crippen molar-refractivity contribution in [1.82, 2.24) is 29.8 Å². The summed E-state index contributed by atoms with van der Waals surface area (Å²) in [6.07, 6.45) is 1.63. The molecule has 5 heterocycles. The summed E-state index contributed by atoms with van der Waals surface area (Å²) in [6, 6.07) is 5.32. The number of hydrogen-bond acceptors (Lipinski definition) is 6. The first-order chi connectivity index (χ1) is 14.5. The summed E-state index contributed by atoms with van der Waals surface area (Å²) in [5.74, 6) is -0.831. The smallest absolute Gasteiger partial charge is 0.399 e. The number of anilines is 1. The van der Waals surface area contributed by atoms with Gasteiger partial charge in [-0.05, 0) is 36.5 Å². The number of imidazole rings is 1. The predicted octanol–water partition coefficient (Wildman–Crippen LogP) is 3.49. The van der Waals surface area contributed by atoms with E-state index >= 15 is 0 Å². The van der Waals surface area contributed by atoms with Crippen LogP contribution >= 0.6 is 0 Å². The zero-order valence-corrected chi connectivity index (χ0v) is 15.6. The molecule has 11 heteroatoms. The lowest BCUT2D eigenvalue weighted by Crippen LogP contribution is -2.37. The SMILES string of the molecule is FC(F)(F)c1nnc(N2CCc3[nH]cnc3[C@@H]2c2cc3c(C4CC4)cccn3n2)o1. The summed E-state index contributed by atoms with van der Waals surface area (Å²) in [6.45, 7) is 0.392. The number of H-pyrrole nitrogens is 1. The van der Waals surface area contributed by atoms with Gasteiger partial charge in [-0.25, -0.2) is 9.50 Å². The number of nitrogens with zero attached hydrogens (tertiary/aromatic N) is 6. The fourth-order valence-electron chi connectivity index (χ4n) is 4.16. The van der Waals surface area contributed by atoms with Gasteiger partial charge in [-0.1, -0.05) is 11.2 Å². The van der Waals surface area contributed by atoms with Crippen LogP contribution in [0.25, 0.3) is 5.52 Å². The van der Waals surface area contributed by atoms with E-state index in [0.29, 0.717) is 30.3 Å². The first kappa shape index (κ1) is 17.5. The quantitative estimate of drug-likeness (QED) is 0.551. The first-order valence-corrected chi connectivity index (χ1v) is 9.67. The Hall–Kier alpha value is -3.37. The maximum atomic E-state index is 13.0. The third kappa shape index (κ3) is 2.68. The normalized spacial score (nSPS) is 19.4. The summed E-state index contributed by atoms with van der Waals surface area (Å²) >= 11 is 0. The molecule has 0 amide bonds. The molecule has 1 aliphatic heterocycles. The van der Waals surface area contributed by atoms with Crippen molar-refractivity contribution in [2.75, 3.05) is 11.4 Å². The highest BCUT2D eigenvalue weighted by Crippen LogP contribution is 2.43. The van der Waals surface area contributed by atoms with E-state index in [1.165, 1.54) is 5.56 Å². The van der Waals surface area contributed by atoms with Crippen LogP contribution in [0.4, 0.5) is 19.2 Å². The maximum absolute atomic E-state index is 13.0. The van der Waals surface area contributed by atoms with Gasteiger partial charge in [0.2, 0.25) is 0 Å². The minimum atomic E-state index is -4.70. The Kier molecular flexibility index (Phi) is 3.54. The number of aromatic amines is 1. The molecule has 4 aromatic rings. The fourth-order valence-corrected chi connectivity index (χ4v) is 4.16. The molecule has 0 unspecified atom stereocenters. The highest BCUT2D eigenvalue weighted by Gasteiger charge is 2.41. The second-order valence-corrected chi connectivity index (χ2v) is 7.64. The molecule has 1 atom stereocenters. The van der Waals surface area contributed by atoms with Gasteiger partial charge >= 0.3 is 18.1 Å². The Bertz CT molecular complexity index is 1240. The van der Waals surface area contributed by atoms with Crippen molar-refractivity contribution in [2.24, 2.45) is 0 Å². The average molecular weight is 415 g/mol. The molecule has 0 radical (unpaired) electrons. The average Bonchev–Trinajstić information content (AvgIpc) is 3.12. The molecule has 2 aliphatic rings. The molecule has 1 saturated carbocycles. The van der Waals surface area contributed by atoms with Gasteiger partial charge in [0, 0.05) is 24.9 Å². The largest absolute Gasteiger partial charge is 0.470 e. The minimum absolute atomic E-state index is 0.194. The molecule has 6 rings (SSSR count). The van der Waals surface area contributed by atoms with Crippen LogP contribution in [-0.4, -0.2) is 36.3 Å². The van der Waals surface area contributed by atoms with Crippen molar-refractivity contribution < 1.29 is 17.6 Å². The van der Waals surface area contributed by atoms with E-state index in [2.05, 4.69) is 26.2 Å². The number of aromatic nitrogens is 6. The number of fused-ring (bicyclic) bond motifs is 2. The van der Waals surface area contributed by atoms with Crippen molar-refractivity contribution in [2.45, 2.75) is 37.4 Å². The summed E-state index contributed by atoms with van der Waals surface area (Å²) in [4.78, 5) is 9.18. The van der Waals surface area contributed by atoms with Crippen LogP contribution in [0.1, 0.15) is 53.3 Å². The molecule has 8 nitrogen and oxygen atoms in total. The number of hydrogen-bond donors (Lipinski definition) is 1. The van der Waals surface area contributed by atoms with E-state index in [-0.39, 0.29) is 6.01 Å². The Balaban J connectivity index is 1.48. The maximum Gasteiger partial charge on any atom is 0.470 e. The van der Waals surface area contributed by atoms with Crippen molar-refractivity contribution in [3.63, 3.8) is 0 Å². The second-order valence-electron chi connectivity index (χ2n) is 7.64. The van der Waals surface area contributed by atoms with Gasteiger partial charge in [0.15, 0.2) is 0 Å². The van der Waals surface area contributed by atoms with Crippen LogP contribution < -0.4 is 4.90 Å². The third-order valence-corrected chi connectivity index (χ3v) is 5.68.